The number of aromatic nitrogens is 1. The third kappa shape index (κ3) is 9.18. The van der Waals surface area contributed by atoms with Gasteiger partial charge >= 0.3 is 0 Å². The Morgan fingerprint density at radius 2 is 1.82 bits per heavy atom. The summed E-state index contributed by atoms with van der Waals surface area (Å²) in [4.78, 5) is 18.8. The Morgan fingerprint density at radius 3 is 2.47 bits per heavy atom. The van der Waals surface area contributed by atoms with Gasteiger partial charge in [-0.15, -0.1) is 0 Å². The van der Waals surface area contributed by atoms with Gasteiger partial charge < -0.3 is 15.2 Å². The zero-order valence-electron chi connectivity index (χ0n) is 27.4. The smallest absolute Gasteiger partial charge is 0.274 e. The molecule has 8 heteroatoms. The van der Waals surface area contributed by atoms with Gasteiger partial charge in [0.2, 0.25) is 5.91 Å². The number of aromatic amines is 1. The number of benzene rings is 2. The second-order valence-corrected chi connectivity index (χ2v) is 14.7. The van der Waals surface area contributed by atoms with Crippen molar-refractivity contribution in [2.24, 2.45) is 11.8 Å². The van der Waals surface area contributed by atoms with E-state index in [-0.39, 0.29) is 11.8 Å². The summed E-state index contributed by atoms with van der Waals surface area (Å²) >= 11 is 0. The molecular weight excluding hydrogens is 582 g/mol. The van der Waals surface area contributed by atoms with Crippen LogP contribution in [0.25, 0.3) is 10.9 Å². The van der Waals surface area contributed by atoms with Crippen molar-refractivity contribution in [2.45, 2.75) is 83.8 Å². The number of amides is 1. The molecule has 1 amide bonds. The number of H-pyrrole nitrogens is 1. The lowest BCUT2D eigenvalue weighted by Gasteiger charge is -2.29. The van der Waals surface area contributed by atoms with E-state index in [2.05, 4.69) is 65.4 Å². The fourth-order valence-electron chi connectivity index (χ4n) is 6.48. The topological polar surface area (TPSA) is 102 Å². The van der Waals surface area contributed by atoms with Crippen LogP contribution in [0.5, 0.6) is 0 Å². The van der Waals surface area contributed by atoms with E-state index in [4.69, 9.17) is 4.55 Å². The molecule has 0 saturated heterocycles. The molecule has 0 radical (unpaired) electrons. The van der Waals surface area contributed by atoms with Crippen LogP contribution in [0.4, 0.5) is 5.69 Å². The molecule has 2 aliphatic rings. The van der Waals surface area contributed by atoms with E-state index in [9.17, 15) is 13.2 Å². The number of hydrogen-bond donors (Lipinski definition) is 3. The summed E-state index contributed by atoms with van der Waals surface area (Å²) in [5.41, 5.74) is 6.26. The molecule has 3 aromatic rings. The summed E-state index contributed by atoms with van der Waals surface area (Å²) in [5.74, 6) is 0.616. The summed E-state index contributed by atoms with van der Waals surface area (Å²) in [7, 11) is -4.01. The Hall–Kier alpha value is -3.20. The van der Waals surface area contributed by atoms with Crippen molar-refractivity contribution in [1.82, 2.24) is 9.88 Å². The number of hydrogen-bond acceptors (Lipinski definition) is 4. The summed E-state index contributed by atoms with van der Waals surface area (Å²) in [6.45, 7) is 11.4. The van der Waals surface area contributed by atoms with Gasteiger partial charge in [0.15, 0.2) is 0 Å². The van der Waals surface area contributed by atoms with Crippen LogP contribution in [0.1, 0.15) is 76.6 Å². The number of nitrogens with one attached hydrogen (secondary N) is 2. The maximum Gasteiger partial charge on any atom is 0.274 e. The quantitative estimate of drug-likeness (QED) is 0.177. The number of carbonyl (C=O) groups excluding carboxylic acids is 1. The Bertz CT molecular complexity index is 1570. The maximum absolute atomic E-state index is 12.5. The van der Waals surface area contributed by atoms with Gasteiger partial charge in [-0.3, -0.25) is 9.35 Å². The molecule has 45 heavy (non-hydrogen) atoms. The number of nitrogens with zero attached hydrogens (tertiary/aromatic N) is 1. The lowest BCUT2D eigenvalue weighted by molar-refractivity contribution is -0.116. The van der Waals surface area contributed by atoms with E-state index in [1.54, 1.807) is 25.2 Å². The van der Waals surface area contributed by atoms with Gasteiger partial charge in [0.25, 0.3) is 10.1 Å². The Kier molecular flexibility index (Phi) is 12.2. The van der Waals surface area contributed by atoms with Gasteiger partial charge in [-0.05, 0) is 106 Å². The van der Waals surface area contributed by atoms with Crippen LogP contribution < -0.4 is 5.32 Å². The van der Waals surface area contributed by atoms with Crippen molar-refractivity contribution in [3.8, 4) is 0 Å². The van der Waals surface area contributed by atoms with Crippen LogP contribution in [-0.2, 0) is 34.2 Å². The van der Waals surface area contributed by atoms with Crippen molar-refractivity contribution in [1.29, 1.82) is 0 Å². The molecule has 0 saturated carbocycles. The molecule has 2 aromatic carbocycles. The first-order valence-electron chi connectivity index (χ1n) is 16.6. The average Bonchev–Trinajstić information content (AvgIpc) is 3.36. The van der Waals surface area contributed by atoms with E-state index in [1.807, 2.05) is 12.1 Å². The third-order valence-corrected chi connectivity index (χ3v) is 10.9. The summed E-state index contributed by atoms with van der Waals surface area (Å²) in [6.07, 6.45) is 15.0. The lowest BCUT2D eigenvalue weighted by Crippen LogP contribution is -2.39. The Labute approximate surface area is 269 Å². The van der Waals surface area contributed by atoms with E-state index in [0.29, 0.717) is 12.3 Å². The number of fused-ring (bicyclic) bond motifs is 3. The first-order chi connectivity index (χ1) is 21.5. The molecule has 3 N–H and O–H groups in total. The predicted molar refractivity (Wildman–Crippen MR) is 186 cm³/mol. The first-order valence-corrected chi connectivity index (χ1v) is 18.0. The zero-order valence-corrected chi connectivity index (χ0v) is 28.2. The predicted octanol–water partition coefficient (Wildman–Crippen LogP) is 7.75. The highest BCUT2D eigenvalue weighted by Crippen LogP contribution is 2.34. The molecule has 5 rings (SSSR count). The summed E-state index contributed by atoms with van der Waals surface area (Å²) < 4.78 is 29.8. The molecule has 1 heterocycles. The number of aryl methyl sites for hydroxylation is 2. The normalized spacial score (nSPS) is 20.9. The van der Waals surface area contributed by atoms with Crippen LogP contribution in [0.2, 0.25) is 0 Å². The SMILES string of the molecule is CC1C=CC=CC1(C)S(=O)(=O)O.CCCN(CCC)CC1CCc2[nH]c3ccc(NC(=O)CCCc4ccccc4)cc3c2C1. The molecule has 2 aliphatic carbocycles. The highest BCUT2D eigenvalue weighted by atomic mass is 32.2. The van der Waals surface area contributed by atoms with E-state index in [0.717, 1.165) is 31.4 Å². The van der Waals surface area contributed by atoms with E-state index >= 15 is 0 Å². The third-order valence-electron chi connectivity index (χ3n) is 9.28. The molecule has 0 bridgehead atoms. The van der Waals surface area contributed by atoms with Crippen molar-refractivity contribution in [3.63, 3.8) is 0 Å². The number of rotatable bonds is 12. The monoisotopic (exact) mass is 633 g/mol. The van der Waals surface area contributed by atoms with Crippen LogP contribution in [0.15, 0.2) is 72.8 Å². The highest BCUT2D eigenvalue weighted by molar-refractivity contribution is 7.87. The van der Waals surface area contributed by atoms with Crippen LogP contribution in [-0.4, -0.2) is 53.1 Å². The molecule has 1 aromatic heterocycles. The zero-order chi connectivity index (χ0) is 32.5. The molecule has 0 aliphatic heterocycles. The first kappa shape index (κ1) is 34.7. The second kappa shape index (κ2) is 15.9. The molecule has 3 atom stereocenters. The van der Waals surface area contributed by atoms with Crippen LogP contribution >= 0.6 is 0 Å². The van der Waals surface area contributed by atoms with Crippen molar-refractivity contribution < 1.29 is 17.8 Å². The average molecular weight is 634 g/mol. The van der Waals surface area contributed by atoms with Crippen molar-refractivity contribution in [2.75, 3.05) is 25.0 Å². The molecule has 244 valence electrons. The molecule has 0 spiro atoms. The van der Waals surface area contributed by atoms with Gasteiger partial charge in [0.05, 0.1) is 0 Å². The minimum absolute atomic E-state index is 0.0994. The Balaban J connectivity index is 0.000000323. The van der Waals surface area contributed by atoms with Gasteiger partial charge in [-0.1, -0.05) is 75.4 Å². The molecule has 7 nitrogen and oxygen atoms in total. The largest absolute Gasteiger partial charge is 0.358 e. The second-order valence-electron chi connectivity index (χ2n) is 12.8. The minimum Gasteiger partial charge on any atom is -0.358 e. The molecule has 0 fully saturated rings. The van der Waals surface area contributed by atoms with Gasteiger partial charge in [0.1, 0.15) is 4.75 Å². The maximum atomic E-state index is 12.5. The van der Waals surface area contributed by atoms with Gasteiger partial charge in [0, 0.05) is 35.2 Å². The van der Waals surface area contributed by atoms with Crippen molar-refractivity contribution in [3.05, 3.63) is 89.7 Å². The fourth-order valence-corrected chi connectivity index (χ4v) is 7.28. The molecular formula is C37H51N3O4S. The highest BCUT2D eigenvalue weighted by Gasteiger charge is 2.40. The lowest BCUT2D eigenvalue weighted by atomic mass is 9.86. The standard InChI is InChI=1S/C29H39N3O.C8H12O3S/c1-3-17-32(18-4-2)21-23-13-15-27-25(19-23)26-20-24(14-16-28(26)31-27)30-29(33)12-8-11-22-9-6-5-7-10-22;1-7-5-3-4-6-8(7,2)12(9,10)11/h5-7,9-10,14,16,20,23,31H,3-4,8,11-13,15,17-19,21H2,1-2H3,(H,30,33);3-7H,1-2H3,(H,9,10,11). The van der Waals surface area contributed by atoms with Gasteiger partial charge in [-0.2, -0.15) is 8.42 Å². The van der Waals surface area contributed by atoms with E-state index in [1.165, 1.54) is 79.6 Å². The number of anilines is 1. The van der Waals surface area contributed by atoms with E-state index < -0.39 is 14.9 Å². The summed E-state index contributed by atoms with van der Waals surface area (Å²) in [5, 5.41) is 4.42. The van der Waals surface area contributed by atoms with Crippen LogP contribution in [0, 0.1) is 11.8 Å². The Morgan fingerprint density at radius 1 is 1.09 bits per heavy atom. The van der Waals surface area contributed by atoms with Crippen LogP contribution in [0.3, 0.4) is 0 Å². The minimum atomic E-state index is -4.01. The molecule has 3 unspecified atom stereocenters. The number of carbonyl (C=O) groups is 1. The van der Waals surface area contributed by atoms with Gasteiger partial charge in [-0.25, -0.2) is 0 Å². The fraction of sp³-hybridized carbons (Fsp3) is 0.486. The number of allylic oxidation sites excluding steroid dienone is 3. The van der Waals surface area contributed by atoms with Crippen molar-refractivity contribution >= 4 is 32.6 Å². The summed E-state index contributed by atoms with van der Waals surface area (Å²) in [6, 6.07) is 16.7.